The smallest absolute Gasteiger partial charge is 0.264 e. The average Bonchev–Trinajstić information content (AvgIpc) is 2.98. The lowest BCUT2D eigenvalue weighted by Gasteiger charge is -2.33. The Morgan fingerprint density at radius 2 is 2.05 bits per heavy atom. The highest BCUT2D eigenvalue weighted by atomic mass is 32.1. The molecule has 0 aliphatic carbocycles. The summed E-state index contributed by atoms with van der Waals surface area (Å²) in [6, 6.07) is 10.4. The molecule has 110 valence electrons. The van der Waals surface area contributed by atoms with E-state index in [-0.39, 0.29) is 17.8 Å². The van der Waals surface area contributed by atoms with E-state index in [0.717, 1.165) is 35.0 Å². The molecule has 1 amide bonds. The normalized spacial score (nSPS) is 18.8. The van der Waals surface area contributed by atoms with E-state index < -0.39 is 0 Å². The second kappa shape index (κ2) is 5.95. The molecule has 5 heteroatoms. The Hall–Kier alpha value is -1.72. The number of hydrogen-bond acceptors (Lipinski definition) is 3. The fourth-order valence-electron chi connectivity index (χ4n) is 2.51. The summed E-state index contributed by atoms with van der Waals surface area (Å²) in [6.07, 6.45) is 0. The van der Waals surface area contributed by atoms with E-state index in [9.17, 15) is 9.18 Å². The molecule has 1 unspecified atom stereocenters. The first-order chi connectivity index (χ1) is 10.1. The monoisotopic (exact) mass is 304 g/mol. The van der Waals surface area contributed by atoms with Crippen molar-refractivity contribution in [2.75, 3.05) is 19.6 Å². The van der Waals surface area contributed by atoms with E-state index >= 15 is 0 Å². The summed E-state index contributed by atoms with van der Waals surface area (Å²) in [4.78, 5) is 16.2. The van der Waals surface area contributed by atoms with Crippen LogP contribution in [0.5, 0.6) is 0 Å². The van der Waals surface area contributed by atoms with Crippen molar-refractivity contribution in [3.05, 3.63) is 47.1 Å². The third kappa shape index (κ3) is 2.99. The maximum absolute atomic E-state index is 13.0. The molecule has 2 heterocycles. The topological polar surface area (TPSA) is 32.3 Å². The predicted octanol–water partition coefficient (Wildman–Crippen LogP) is 2.99. The fourth-order valence-corrected chi connectivity index (χ4v) is 3.47. The Bertz CT molecular complexity index is 638. The first-order valence-corrected chi connectivity index (χ1v) is 7.84. The number of hydrogen-bond donors (Lipinski definition) is 1. The van der Waals surface area contributed by atoms with E-state index in [1.807, 2.05) is 17.0 Å². The minimum atomic E-state index is -0.249. The van der Waals surface area contributed by atoms with Crippen LogP contribution in [-0.2, 0) is 0 Å². The van der Waals surface area contributed by atoms with Gasteiger partial charge in [-0.2, -0.15) is 0 Å². The van der Waals surface area contributed by atoms with Crippen LogP contribution in [0.3, 0.4) is 0 Å². The number of benzene rings is 1. The van der Waals surface area contributed by atoms with Gasteiger partial charge in [0.25, 0.3) is 5.91 Å². The van der Waals surface area contributed by atoms with Crippen molar-refractivity contribution in [3.63, 3.8) is 0 Å². The van der Waals surface area contributed by atoms with Crippen LogP contribution in [0.25, 0.3) is 10.4 Å². The standard InChI is InChI=1S/C16H17FN2OS/c1-11-10-18-8-9-19(11)16(20)15-7-6-14(21-15)12-2-4-13(17)5-3-12/h2-7,11,18H,8-10H2,1H3. The maximum atomic E-state index is 13.0. The highest BCUT2D eigenvalue weighted by Gasteiger charge is 2.25. The first-order valence-electron chi connectivity index (χ1n) is 7.02. The Kier molecular flexibility index (Phi) is 4.03. The molecule has 1 saturated heterocycles. The highest BCUT2D eigenvalue weighted by molar-refractivity contribution is 7.17. The molecular weight excluding hydrogens is 287 g/mol. The molecule has 1 aromatic carbocycles. The molecule has 1 fully saturated rings. The molecule has 3 rings (SSSR count). The summed E-state index contributed by atoms with van der Waals surface area (Å²) >= 11 is 1.46. The Labute approximate surface area is 127 Å². The van der Waals surface area contributed by atoms with Crippen molar-refractivity contribution in [2.24, 2.45) is 0 Å². The molecule has 3 nitrogen and oxygen atoms in total. The molecule has 1 aromatic heterocycles. The van der Waals surface area contributed by atoms with Crippen LogP contribution >= 0.6 is 11.3 Å². The first kappa shape index (κ1) is 14.2. The summed E-state index contributed by atoms with van der Waals surface area (Å²) in [7, 11) is 0. The number of piperazine rings is 1. The van der Waals surface area contributed by atoms with Crippen molar-refractivity contribution < 1.29 is 9.18 Å². The van der Waals surface area contributed by atoms with Crippen LogP contribution in [0.15, 0.2) is 36.4 Å². The van der Waals surface area contributed by atoms with Gasteiger partial charge in [0.05, 0.1) is 4.88 Å². The molecule has 0 bridgehead atoms. The Balaban J connectivity index is 1.81. The summed E-state index contributed by atoms with van der Waals surface area (Å²) in [6.45, 7) is 4.47. The number of nitrogens with one attached hydrogen (secondary N) is 1. The third-order valence-electron chi connectivity index (χ3n) is 3.71. The zero-order valence-electron chi connectivity index (χ0n) is 11.8. The lowest BCUT2D eigenvalue weighted by atomic mass is 10.2. The SMILES string of the molecule is CC1CNCCN1C(=O)c1ccc(-c2ccc(F)cc2)s1. The summed E-state index contributed by atoms with van der Waals surface area (Å²) in [5, 5.41) is 3.28. The number of halogens is 1. The van der Waals surface area contributed by atoms with Gasteiger partial charge in [-0.1, -0.05) is 12.1 Å². The Morgan fingerprint density at radius 1 is 1.29 bits per heavy atom. The van der Waals surface area contributed by atoms with Gasteiger partial charge in [-0.15, -0.1) is 11.3 Å². The number of carbonyl (C=O) groups is 1. The fraction of sp³-hybridized carbons (Fsp3) is 0.312. The minimum Gasteiger partial charge on any atom is -0.333 e. The number of carbonyl (C=O) groups excluding carboxylic acids is 1. The average molecular weight is 304 g/mol. The quantitative estimate of drug-likeness (QED) is 0.925. The van der Waals surface area contributed by atoms with Gasteiger partial charge in [0, 0.05) is 30.6 Å². The van der Waals surface area contributed by atoms with E-state index in [1.165, 1.54) is 23.5 Å². The second-order valence-corrected chi connectivity index (χ2v) is 6.31. The van der Waals surface area contributed by atoms with Crippen LogP contribution in [0.1, 0.15) is 16.6 Å². The molecule has 1 N–H and O–H groups in total. The van der Waals surface area contributed by atoms with E-state index in [0.29, 0.717) is 0 Å². The van der Waals surface area contributed by atoms with Gasteiger partial charge in [0.15, 0.2) is 0 Å². The molecule has 0 saturated carbocycles. The van der Waals surface area contributed by atoms with Gasteiger partial charge in [-0.3, -0.25) is 4.79 Å². The van der Waals surface area contributed by atoms with Crippen molar-refractivity contribution in [2.45, 2.75) is 13.0 Å². The van der Waals surface area contributed by atoms with Gasteiger partial charge < -0.3 is 10.2 Å². The molecular formula is C16H17FN2OS. The lowest BCUT2D eigenvalue weighted by Crippen LogP contribution is -2.52. The van der Waals surface area contributed by atoms with Crippen LogP contribution in [-0.4, -0.2) is 36.5 Å². The van der Waals surface area contributed by atoms with Crippen LogP contribution in [0.2, 0.25) is 0 Å². The molecule has 0 spiro atoms. The van der Waals surface area contributed by atoms with Crippen molar-refractivity contribution >= 4 is 17.2 Å². The van der Waals surface area contributed by atoms with Gasteiger partial charge >= 0.3 is 0 Å². The number of nitrogens with zero attached hydrogens (tertiary/aromatic N) is 1. The maximum Gasteiger partial charge on any atom is 0.264 e. The lowest BCUT2D eigenvalue weighted by molar-refractivity contribution is 0.0661. The van der Waals surface area contributed by atoms with Gasteiger partial charge in [0.2, 0.25) is 0 Å². The zero-order chi connectivity index (χ0) is 14.8. The van der Waals surface area contributed by atoms with Crippen molar-refractivity contribution in [1.82, 2.24) is 10.2 Å². The third-order valence-corrected chi connectivity index (χ3v) is 4.83. The van der Waals surface area contributed by atoms with Crippen molar-refractivity contribution in [3.8, 4) is 10.4 Å². The number of amides is 1. The minimum absolute atomic E-state index is 0.0855. The number of thiophene rings is 1. The largest absolute Gasteiger partial charge is 0.333 e. The van der Waals surface area contributed by atoms with E-state index in [2.05, 4.69) is 12.2 Å². The Morgan fingerprint density at radius 3 is 2.76 bits per heavy atom. The molecule has 1 atom stereocenters. The molecule has 1 aliphatic rings. The summed E-state index contributed by atoms with van der Waals surface area (Å²) < 4.78 is 13.0. The molecule has 0 radical (unpaired) electrons. The molecule has 2 aromatic rings. The van der Waals surface area contributed by atoms with Crippen LogP contribution in [0.4, 0.5) is 4.39 Å². The van der Waals surface area contributed by atoms with Gasteiger partial charge in [-0.25, -0.2) is 4.39 Å². The number of rotatable bonds is 2. The van der Waals surface area contributed by atoms with Crippen molar-refractivity contribution in [1.29, 1.82) is 0 Å². The highest BCUT2D eigenvalue weighted by Crippen LogP contribution is 2.29. The summed E-state index contributed by atoms with van der Waals surface area (Å²) in [5.74, 6) is -0.163. The predicted molar refractivity (Wildman–Crippen MR) is 83.1 cm³/mol. The van der Waals surface area contributed by atoms with E-state index in [4.69, 9.17) is 0 Å². The molecule has 1 aliphatic heterocycles. The van der Waals surface area contributed by atoms with Gasteiger partial charge in [0.1, 0.15) is 5.82 Å². The van der Waals surface area contributed by atoms with Crippen LogP contribution in [0, 0.1) is 5.82 Å². The van der Waals surface area contributed by atoms with Crippen LogP contribution < -0.4 is 5.32 Å². The second-order valence-electron chi connectivity index (χ2n) is 5.22. The van der Waals surface area contributed by atoms with Gasteiger partial charge in [-0.05, 0) is 36.8 Å². The van der Waals surface area contributed by atoms with E-state index in [1.54, 1.807) is 12.1 Å². The zero-order valence-corrected chi connectivity index (χ0v) is 12.6. The molecule has 21 heavy (non-hydrogen) atoms. The summed E-state index contributed by atoms with van der Waals surface area (Å²) in [5.41, 5.74) is 0.939.